The largest absolute Gasteiger partial charge is 0.370 e. The number of imide groups is 1. The molecule has 1 fully saturated rings. The fraction of sp³-hybridized carbons (Fsp3) is 0.481. The molecular formula is C54H76N16O10S2. The van der Waals surface area contributed by atoms with Gasteiger partial charge in [0.15, 0.2) is 5.96 Å². The summed E-state index contributed by atoms with van der Waals surface area (Å²) in [5, 5.41) is 22.0. The molecule has 2 aromatic heterocycles. The van der Waals surface area contributed by atoms with E-state index in [1.165, 1.54) is 19.4 Å². The molecule has 9 atom stereocenters. The molecule has 82 heavy (non-hydrogen) atoms. The van der Waals surface area contributed by atoms with Gasteiger partial charge in [0.05, 0.1) is 6.33 Å². The molecule has 0 unspecified atom stereocenters. The third kappa shape index (κ3) is 19.0. The Kier molecular flexibility index (Phi) is 25.0. The van der Waals surface area contributed by atoms with Gasteiger partial charge in [-0.25, -0.2) is 14.7 Å². The van der Waals surface area contributed by atoms with Crippen molar-refractivity contribution in [2.45, 2.75) is 140 Å². The van der Waals surface area contributed by atoms with E-state index in [9.17, 15) is 47.9 Å². The Balaban J connectivity index is 1.36. The highest BCUT2D eigenvalue weighted by molar-refractivity contribution is 7.80. The average Bonchev–Trinajstić information content (AvgIpc) is 4.25. The monoisotopic (exact) mass is 1170 g/mol. The zero-order chi connectivity index (χ0) is 60.0. The smallest absolute Gasteiger partial charge is 0.325 e. The standard InChI is InChI=1S/C54H76N16O10S2/c1-5-6-18-43(70-52(79)40(20-29(2)3)69-54(70)80)51(78)68-42(27-82)50(77)62-30(4)45(72)64-39(23-33-25-58-28-61-33)49(76)65-37(21-31-13-8-7-9-14-31)47(74)63-36(17-12-19-59-53(56)57)46(73)66-38(48(75)67-41(26-81)44(55)71)22-32-24-60-35-16-11-10-15-34(32)35/h7-11,13-16,24-25,28-30,36-43,60,81-82H,5-6,12,17-23,26-27H2,1-4H3,(H2,55,71)(H,58,61)(H,62,77)(H,63,74)(H,64,72)(H,65,76)(H,66,73)(H,67,75)(H,68,78)(H,69,80)(H4,56,57,59)/t30-,36+,37-,38-,39+,40+,41+,42+,43-/m0/s1. The maximum atomic E-state index is 14.7. The lowest BCUT2D eigenvalue weighted by Crippen LogP contribution is -2.61. The number of thiol groups is 2. The number of amides is 11. The number of urea groups is 1. The minimum Gasteiger partial charge on any atom is -0.370 e. The zero-order valence-electron chi connectivity index (χ0n) is 46.2. The van der Waals surface area contributed by atoms with Crippen LogP contribution in [0, 0.1) is 5.92 Å². The number of aromatic nitrogens is 3. The molecule has 0 spiro atoms. The maximum Gasteiger partial charge on any atom is 0.325 e. The number of rotatable bonds is 33. The van der Waals surface area contributed by atoms with Crippen LogP contribution in [-0.2, 0) is 62.4 Å². The molecule has 28 heteroatoms. The number of nitrogens with one attached hydrogen (secondary N) is 10. The van der Waals surface area contributed by atoms with Crippen LogP contribution in [0.3, 0.4) is 0 Å². The van der Waals surface area contributed by atoms with E-state index in [1.54, 1.807) is 42.6 Å². The maximum absolute atomic E-state index is 14.7. The molecule has 26 nitrogen and oxygen atoms in total. The molecule has 2 aromatic carbocycles. The van der Waals surface area contributed by atoms with E-state index in [4.69, 9.17) is 17.2 Å². The van der Waals surface area contributed by atoms with Gasteiger partial charge in [-0.05, 0) is 55.7 Å². The Hall–Kier alpha value is -8.14. The van der Waals surface area contributed by atoms with Gasteiger partial charge < -0.3 is 69.7 Å². The van der Waals surface area contributed by atoms with Crippen LogP contribution in [0.2, 0.25) is 0 Å². The minimum absolute atomic E-state index is 0.0466. The van der Waals surface area contributed by atoms with Crippen LogP contribution >= 0.6 is 25.3 Å². The third-order valence-electron chi connectivity index (χ3n) is 13.5. The Morgan fingerprint density at radius 2 is 1.23 bits per heavy atom. The number of hydrogen-bond donors (Lipinski definition) is 15. The molecule has 11 amide bonds. The summed E-state index contributed by atoms with van der Waals surface area (Å²) >= 11 is 8.44. The number of benzene rings is 2. The first kappa shape index (κ1) is 64.7. The van der Waals surface area contributed by atoms with Gasteiger partial charge in [-0.2, -0.15) is 25.3 Å². The van der Waals surface area contributed by atoms with E-state index in [1.807, 2.05) is 39.0 Å². The van der Waals surface area contributed by atoms with Crippen molar-refractivity contribution < 1.29 is 47.9 Å². The summed E-state index contributed by atoms with van der Waals surface area (Å²) in [6.45, 7) is 7.07. The van der Waals surface area contributed by atoms with Gasteiger partial charge in [-0.1, -0.05) is 82.1 Å². The SMILES string of the molecule is CCCC[C@@H](C(=O)N[C@H](CS)C(=O)N[C@@H](C)C(=O)N[C@H](Cc1cnc[nH]1)C(=O)N[C@@H](Cc1ccccc1)C(=O)N[C@H](CCCN=C(N)N)C(=O)N[C@@H](Cc1c[nH]c2ccccc12)C(=O)N[C@H](CS)C(N)=O)N1C(=O)N[C@H](CC(C)C)C1=O. The number of fused-ring (bicyclic) bond motifs is 1. The molecule has 4 aromatic rings. The fourth-order valence-corrected chi connectivity index (χ4v) is 9.60. The first-order valence-corrected chi connectivity index (χ1v) is 28.3. The van der Waals surface area contributed by atoms with Crippen molar-refractivity contribution in [2.24, 2.45) is 28.1 Å². The second kappa shape index (κ2) is 31.7. The molecule has 444 valence electrons. The van der Waals surface area contributed by atoms with Crippen molar-refractivity contribution in [3.05, 3.63) is 90.1 Å². The zero-order valence-corrected chi connectivity index (χ0v) is 48.0. The van der Waals surface area contributed by atoms with Crippen molar-refractivity contribution in [3.8, 4) is 0 Å². The molecule has 16 N–H and O–H groups in total. The number of carbonyl (C=O) groups excluding carboxylic acids is 10. The number of carbonyl (C=O) groups is 10. The summed E-state index contributed by atoms with van der Waals surface area (Å²) in [7, 11) is 0. The topological polar surface area (TPSA) is 405 Å². The number of nitrogens with two attached hydrogens (primary N) is 3. The number of nitrogens with zero attached hydrogens (tertiary/aromatic N) is 3. The Bertz CT molecular complexity index is 2880. The number of hydrogen-bond acceptors (Lipinski definition) is 14. The second-order valence-corrected chi connectivity index (χ2v) is 21.1. The predicted octanol–water partition coefficient (Wildman–Crippen LogP) is -0.744. The summed E-state index contributed by atoms with van der Waals surface area (Å²) in [6.07, 6.45) is 5.80. The molecular weight excluding hydrogens is 1100 g/mol. The van der Waals surface area contributed by atoms with E-state index < -0.39 is 114 Å². The van der Waals surface area contributed by atoms with Gasteiger partial charge in [-0.15, -0.1) is 0 Å². The van der Waals surface area contributed by atoms with E-state index in [-0.39, 0.29) is 68.5 Å². The lowest BCUT2D eigenvalue weighted by molar-refractivity contribution is -0.138. The fourth-order valence-electron chi connectivity index (χ4n) is 9.07. The van der Waals surface area contributed by atoms with Crippen LogP contribution in [0.15, 0.2) is 78.3 Å². The molecule has 1 saturated heterocycles. The van der Waals surface area contributed by atoms with E-state index in [2.05, 4.69) is 87.7 Å². The van der Waals surface area contributed by atoms with Crippen molar-refractivity contribution in [2.75, 3.05) is 18.1 Å². The Morgan fingerprint density at radius 1 is 0.659 bits per heavy atom. The van der Waals surface area contributed by atoms with Crippen molar-refractivity contribution in [1.82, 2.24) is 62.4 Å². The number of aromatic amines is 2. The van der Waals surface area contributed by atoms with Gasteiger partial charge in [-0.3, -0.25) is 48.1 Å². The minimum atomic E-state index is -1.43. The van der Waals surface area contributed by atoms with Gasteiger partial charge >= 0.3 is 6.03 Å². The van der Waals surface area contributed by atoms with E-state index in [0.717, 1.165) is 15.8 Å². The van der Waals surface area contributed by atoms with Crippen LogP contribution in [0.1, 0.15) is 83.0 Å². The Morgan fingerprint density at radius 3 is 1.84 bits per heavy atom. The normalized spacial score (nSPS) is 16.0. The number of imidazole rings is 1. The number of guanidine groups is 1. The van der Waals surface area contributed by atoms with Gasteiger partial charge in [0.25, 0.3) is 5.91 Å². The summed E-state index contributed by atoms with van der Waals surface area (Å²) in [5.41, 5.74) is 19.1. The van der Waals surface area contributed by atoms with Crippen LogP contribution in [0.4, 0.5) is 4.79 Å². The van der Waals surface area contributed by atoms with Gasteiger partial charge in [0.2, 0.25) is 47.3 Å². The molecule has 1 aliphatic heterocycles. The van der Waals surface area contributed by atoms with E-state index >= 15 is 0 Å². The number of unbranched alkanes of at least 4 members (excludes halogenated alkanes) is 1. The second-order valence-electron chi connectivity index (χ2n) is 20.3. The van der Waals surface area contributed by atoms with Crippen LogP contribution in [-0.4, -0.2) is 157 Å². The summed E-state index contributed by atoms with van der Waals surface area (Å²) in [4.78, 5) is 153. The van der Waals surface area contributed by atoms with Crippen molar-refractivity contribution >= 4 is 101 Å². The molecule has 0 saturated carbocycles. The average molecular weight is 1170 g/mol. The molecule has 0 radical (unpaired) electrons. The summed E-state index contributed by atoms with van der Waals surface area (Å²) in [6, 6.07) is 3.76. The number of primary amides is 1. The predicted molar refractivity (Wildman–Crippen MR) is 312 cm³/mol. The van der Waals surface area contributed by atoms with Gasteiger partial charge in [0.1, 0.15) is 54.4 Å². The lowest BCUT2D eigenvalue weighted by atomic mass is 10.0. The van der Waals surface area contributed by atoms with Crippen molar-refractivity contribution in [3.63, 3.8) is 0 Å². The number of H-pyrrole nitrogens is 2. The van der Waals surface area contributed by atoms with Crippen LogP contribution < -0.4 is 59.7 Å². The summed E-state index contributed by atoms with van der Waals surface area (Å²) in [5.74, 6) is -7.66. The molecule has 3 heterocycles. The molecule has 5 rings (SSSR count). The quantitative estimate of drug-likeness (QED) is 0.00920. The van der Waals surface area contributed by atoms with E-state index in [0.29, 0.717) is 36.1 Å². The molecule has 0 bridgehead atoms. The molecule has 1 aliphatic rings. The Labute approximate surface area is 485 Å². The third-order valence-corrected chi connectivity index (χ3v) is 14.2. The summed E-state index contributed by atoms with van der Waals surface area (Å²) < 4.78 is 0. The first-order chi connectivity index (χ1) is 39.1. The first-order valence-electron chi connectivity index (χ1n) is 27.0. The highest BCUT2D eigenvalue weighted by atomic mass is 32.1. The lowest BCUT2D eigenvalue weighted by Gasteiger charge is -2.28. The van der Waals surface area contributed by atoms with Gasteiger partial charge in [0, 0.05) is 66.3 Å². The highest BCUT2D eigenvalue weighted by Crippen LogP contribution is 2.22. The number of aliphatic imine (C=N–C) groups is 1. The van der Waals surface area contributed by atoms with Crippen LogP contribution in [0.25, 0.3) is 10.9 Å². The number of para-hydroxylation sites is 1. The highest BCUT2D eigenvalue weighted by Gasteiger charge is 2.45. The van der Waals surface area contributed by atoms with Crippen LogP contribution in [0.5, 0.6) is 0 Å². The molecule has 0 aliphatic carbocycles. The van der Waals surface area contributed by atoms with Crippen molar-refractivity contribution in [1.29, 1.82) is 0 Å².